The molecule has 0 atom stereocenters. The SMILES string of the molecule is CCCc1nc(N(C)CCCN(C)C)sc1CNC1CC1. The molecule has 0 aliphatic heterocycles. The van der Waals surface area contributed by atoms with Crippen LogP contribution in [-0.2, 0) is 13.0 Å². The van der Waals surface area contributed by atoms with Crippen LogP contribution in [0.3, 0.4) is 0 Å². The first kappa shape index (κ1) is 16.7. The van der Waals surface area contributed by atoms with E-state index in [2.05, 4.69) is 43.2 Å². The van der Waals surface area contributed by atoms with Gasteiger partial charge in [0.25, 0.3) is 0 Å². The molecule has 1 N–H and O–H groups in total. The first-order chi connectivity index (χ1) is 10.1. The summed E-state index contributed by atoms with van der Waals surface area (Å²) in [6.07, 6.45) is 6.15. The van der Waals surface area contributed by atoms with Crippen LogP contribution in [0.2, 0.25) is 0 Å². The Morgan fingerprint density at radius 1 is 1.24 bits per heavy atom. The molecule has 1 saturated carbocycles. The molecular formula is C16H30N4S. The zero-order valence-electron chi connectivity index (χ0n) is 14.0. The van der Waals surface area contributed by atoms with Gasteiger partial charge in [0, 0.05) is 31.1 Å². The molecule has 1 aromatic heterocycles. The van der Waals surface area contributed by atoms with Crippen molar-refractivity contribution >= 4 is 16.5 Å². The molecule has 0 bridgehead atoms. The first-order valence-electron chi connectivity index (χ1n) is 8.18. The quantitative estimate of drug-likeness (QED) is 0.720. The molecule has 1 fully saturated rings. The Balaban J connectivity index is 1.92. The van der Waals surface area contributed by atoms with Crippen molar-refractivity contribution < 1.29 is 0 Å². The predicted molar refractivity (Wildman–Crippen MR) is 92.4 cm³/mol. The second-order valence-electron chi connectivity index (χ2n) is 6.35. The molecule has 1 aromatic rings. The molecule has 0 amide bonds. The van der Waals surface area contributed by atoms with Gasteiger partial charge in [0.05, 0.1) is 5.69 Å². The minimum Gasteiger partial charge on any atom is -0.351 e. The Morgan fingerprint density at radius 2 is 2.00 bits per heavy atom. The highest BCUT2D eigenvalue weighted by atomic mass is 32.1. The Hall–Kier alpha value is -0.650. The van der Waals surface area contributed by atoms with E-state index in [1.54, 1.807) is 0 Å². The standard InChI is InChI=1S/C16H30N4S/c1-5-7-14-15(12-17-13-8-9-13)21-16(18-14)20(4)11-6-10-19(2)3/h13,17H,5-12H2,1-4H3. The maximum atomic E-state index is 4.89. The number of nitrogens with one attached hydrogen (secondary N) is 1. The van der Waals surface area contributed by atoms with E-state index in [0.29, 0.717) is 0 Å². The third-order valence-electron chi connectivity index (χ3n) is 3.81. The van der Waals surface area contributed by atoms with Crippen LogP contribution in [0.1, 0.15) is 43.2 Å². The molecular weight excluding hydrogens is 280 g/mol. The van der Waals surface area contributed by atoms with Crippen LogP contribution < -0.4 is 10.2 Å². The summed E-state index contributed by atoms with van der Waals surface area (Å²) in [5.74, 6) is 0. The van der Waals surface area contributed by atoms with Gasteiger partial charge < -0.3 is 15.1 Å². The Morgan fingerprint density at radius 3 is 2.62 bits per heavy atom. The van der Waals surface area contributed by atoms with Crippen molar-refractivity contribution in [2.24, 2.45) is 0 Å². The number of hydrogen-bond acceptors (Lipinski definition) is 5. The number of aryl methyl sites for hydroxylation is 1. The molecule has 0 spiro atoms. The molecule has 120 valence electrons. The molecule has 1 heterocycles. The molecule has 2 rings (SSSR count). The van der Waals surface area contributed by atoms with E-state index in [1.165, 1.54) is 41.4 Å². The van der Waals surface area contributed by atoms with E-state index in [0.717, 1.165) is 32.1 Å². The lowest BCUT2D eigenvalue weighted by Gasteiger charge is -2.17. The summed E-state index contributed by atoms with van der Waals surface area (Å²) in [4.78, 5) is 10.9. The summed E-state index contributed by atoms with van der Waals surface area (Å²) in [6, 6.07) is 0.767. The van der Waals surface area contributed by atoms with Crippen molar-refractivity contribution in [2.45, 2.75) is 51.6 Å². The van der Waals surface area contributed by atoms with Gasteiger partial charge in [0.1, 0.15) is 0 Å². The van der Waals surface area contributed by atoms with E-state index in [9.17, 15) is 0 Å². The van der Waals surface area contributed by atoms with E-state index in [-0.39, 0.29) is 0 Å². The molecule has 1 aliphatic rings. The van der Waals surface area contributed by atoms with Crippen molar-refractivity contribution in [3.05, 3.63) is 10.6 Å². The number of thiazole rings is 1. The van der Waals surface area contributed by atoms with Crippen LogP contribution >= 0.6 is 11.3 Å². The Labute approximate surface area is 133 Å². The topological polar surface area (TPSA) is 31.4 Å². The average molecular weight is 311 g/mol. The first-order valence-corrected chi connectivity index (χ1v) is 8.99. The van der Waals surface area contributed by atoms with Crippen molar-refractivity contribution in [1.82, 2.24) is 15.2 Å². The third kappa shape index (κ3) is 5.57. The number of aromatic nitrogens is 1. The molecule has 0 unspecified atom stereocenters. The van der Waals surface area contributed by atoms with Gasteiger partial charge in [0.2, 0.25) is 0 Å². The summed E-state index contributed by atoms with van der Waals surface area (Å²) in [7, 11) is 6.43. The van der Waals surface area contributed by atoms with E-state index < -0.39 is 0 Å². The summed E-state index contributed by atoms with van der Waals surface area (Å²) in [5, 5.41) is 4.81. The fourth-order valence-electron chi connectivity index (χ4n) is 2.35. The van der Waals surface area contributed by atoms with Crippen LogP contribution in [-0.4, -0.2) is 50.2 Å². The van der Waals surface area contributed by atoms with Crippen LogP contribution in [0, 0.1) is 0 Å². The molecule has 0 saturated heterocycles. The monoisotopic (exact) mass is 310 g/mol. The average Bonchev–Trinajstić information content (AvgIpc) is 3.17. The van der Waals surface area contributed by atoms with Gasteiger partial charge in [-0.05, 0) is 46.3 Å². The van der Waals surface area contributed by atoms with E-state index in [4.69, 9.17) is 4.98 Å². The third-order valence-corrected chi connectivity index (χ3v) is 5.02. The Bertz CT molecular complexity index is 426. The maximum absolute atomic E-state index is 4.89. The van der Waals surface area contributed by atoms with Gasteiger partial charge in [0.15, 0.2) is 5.13 Å². The number of anilines is 1. The summed E-state index contributed by atoms with van der Waals surface area (Å²) < 4.78 is 0. The predicted octanol–water partition coefficient (Wildman–Crippen LogP) is 2.74. The van der Waals surface area contributed by atoms with Crippen LogP contribution in [0.4, 0.5) is 5.13 Å². The van der Waals surface area contributed by atoms with Gasteiger partial charge in [-0.1, -0.05) is 13.3 Å². The lowest BCUT2D eigenvalue weighted by molar-refractivity contribution is 0.401. The van der Waals surface area contributed by atoms with Crippen LogP contribution in [0.25, 0.3) is 0 Å². The van der Waals surface area contributed by atoms with Gasteiger partial charge in [-0.15, -0.1) is 11.3 Å². The van der Waals surface area contributed by atoms with Gasteiger partial charge in [-0.3, -0.25) is 0 Å². The summed E-state index contributed by atoms with van der Waals surface area (Å²) in [6.45, 7) is 5.45. The summed E-state index contributed by atoms with van der Waals surface area (Å²) in [5.41, 5.74) is 1.31. The minimum absolute atomic E-state index is 0.767. The lowest BCUT2D eigenvalue weighted by atomic mass is 10.2. The zero-order chi connectivity index (χ0) is 15.2. The molecule has 21 heavy (non-hydrogen) atoms. The van der Waals surface area contributed by atoms with Crippen molar-refractivity contribution in [3.8, 4) is 0 Å². The van der Waals surface area contributed by atoms with Gasteiger partial charge in [-0.2, -0.15) is 0 Å². The van der Waals surface area contributed by atoms with Crippen molar-refractivity contribution in [1.29, 1.82) is 0 Å². The zero-order valence-corrected chi connectivity index (χ0v) is 14.8. The Kier molecular flexibility index (Phi) is 6.45. The second kappa shape index (κ2) is 8.11. The fraction of sp³-hybridized carbons (Fsp3) is 0.812. The highest BCUT2D eigenvalue weighted by molar-refractivity contribution is 7.15. The fourth-order valence-corrected chi connectivity index (χ4v) is 3.39. The van der Waals surface area contributed by atoms with Crippen LogP contribution in [0.5, 0.6) is 0 Å². The van der Waals surface area contributed by atoms with E-state index in [1.807, 2.05) is 11.3 Å². The number of nitrogens with zero attached hydrogens (tertiary/aromatic N) is 3. The second-order valence-corrected chi connectivity index (χ2v) is 7.41. The molecule has 1 aliphatic carbocycles. The lowest BCUT2D eigenvalue weighted by Crippen LogP contribution is -2.23. The van der Waals surface area contributed by atoms with Gasteiger partial charge >= 0.3 is 0 Å². The smallest absolute Gasteiger partial charge is 0.185 e. The van der Waals surface area contributed by atoms with Crippen molar-refractivity contribution in [3.63, 3.8) is 0 Å². The van der Waals surface area contributed by atoms with Crippen LogP contribution in [0.15, 0.2) is 0 Å². The minimum atomic E-state index is 0.767. The molecule has 0 radical (unpaired) electrons. The molecule has 0 aromatic carbocycles. The van der Waals surface area contributed by atoms with E-state index >= 15 is 0 Å². The highest BCUT2D eigenvalue weighted by Gasteiger charge is 2.21. The summed E-state index contributed by atoms with van der Waals surface area (Å²) >= 11 is 1.87. The largest absolute Gasteiger partial charge is 0.351 e. The van der Waals surface area contributed by atoms with Crippen molar-refractivity contribution in [2.75, 3.05) is 39.1 Å². The van der Waals surface area contributed by atoms with Gasteiger partial charge in [-0.25, -0.2) is 4.98 Å². The number of hydrogen-bond donors (Lipinski definition) is 1. The molecule has 5 heteroatoms. The maximum Gasteiger partial charge on any atom is 0.185 e. The number of rotatable bonds is 10. The highest BCUT2D eigenvalue weighted by Crippen LogP contribution is 2.28. The molecule has 4 nitrogen and oxygen atoms in total. The normalized spacial score (nSPS) is 14.9.